The van der Waals surface area contributed by atoms with Gasteiger partial charge in [-0.2, -0.15) is 0 Å². The Bertz CT molecular complexity index is 599. The van der Waals surface area contributed by atoms with Crippen molar-refractivity contribution in [3.8, 4) is 0 Å². The lowest BCUT2D eigenvalue weighted by atomic mass is 10.2. The van der Waals surface area contributed by atoms with Crippen molar-refractivity contribution in [2.75, 3.05) is 19.8 Å². The van der Waals surface area contributed by atoms with Gasteiger partial charge in [-0.05, 0) is 12.1 Å². The Hall–Kier alpha value is -2.63. The zero-order valence-electron chi connectivity index (χ0n) is 12.5. The van der Waals surface area contributed by atoms with E-state index in [0.29, 0.717) is 17.2 Å². The molecule has 6 heteroatoms. The number of carbonyl (C=O) groups is 2. The Morgan fingerprint density at radius 3 is 2.23 bits per heavy atom. The molecule has 0 bridgehead atoms. The van der Waals surface area contributed by atoms with Crippen LogP contribution in [0.2, 0.25) is 0 Å². The maximum atomic E-state index is 11.0. The van der Waals surface area contributed by atoms with Gasteiger partial charge in [0.05, 0.1) is 5.70 Å². The molecule has 0 unspecified atom stereocenters. The fraction of sp³-hybridized carbons (Fsp3) is 0.312. The summed E-state index contributed by atoms with van der Waals surface area (Å²) in [5, 5.41) is 0. The molecule has 1 aromatic rings. The van der Waals surface area contributed by atoms with E-state index >= 15 is 0 Å². The molecule has 22 heavy (non-hydrogen) atoms. The van der Waals surface area contributed by atoms with Gasteiger partial charge >= 0.3 is 11.9 Å². The van der Waals surface area contributed by atoms with Crippen molar-refractivity contribution in [3.05, 3.63) is 47.2 Å². The van der Waals surface area contributed by atoms with Gasteiger partial charge in [-0.15, -0.1) is 0 Å². The maximum Gasteiger partial charge on any atom is 0.302 e. The lowest BCUT2D eigenvalue weighted by Crippen LogP contribution is -2.13. The van der Waals surface area contributed by atoms with Gasteiger partial charge in [-0.25, -0.2) is 4.99 Å². The van der Waals surface area contributed by atoms with E-state index in [9.17, 15) is 9.59 Å². The summed E-state index contributed by atoms with van der Waals surface area (Å²) in [5.41, 5.74) is 2.08. The molecule has 0 saturated heterocycles. The smallest absolute Gasteiger partial charge is 0.302 e. The third kappa shape index (κ3) is 4.44. The number of aliphatic imine (C=N–C) groups is 1. The van der Waals surface area contributed by atoms with Gasteiger partial charge in [0.25, 0.3) is 0 Å². The van der Waals surface area contributed by atoms with Crippen LogP contribution in [0.1, 0.15) is 19.4 Å². The maximum absolute atomic E-state index is 11.0. The molecule has 0 fully saturated rings. The molecule has 1 aliphatic heterocycles. The van der Waals surface area contributed by atoms with Crippen LogP contribution in [0.5, 0.6) is 0 Å². The van der Waals surface area contributed by atoms with Crippen molar-refractivity contribution < 1.29 is 23.8 Å². The van der Waals surface area contributed by atoms with Crippen molar-refractivity contribution in [3.63, 3.8) is 0 Å². The molecule has 1 aromatic carbocycles. The highest BCUT2D eigenvalue weighted by Gasteiger charge is 2.19. The van der Waals surface area contributed by atoms with Crippen LogP contribution >= 0.6 is 0 Å². The van der Waals surface area contributed by atoms with E-state index < -0.39 is 11.9 Å². The predicted molar refractivity (Wildman–Crippen MR) is 79.2 cm³/mol. The van der Waals surface area contributed by atoms with Crippen LogP contribution in [0.4, 0.5) is 0 Å². The van der Waals surface area contributed by atoms with E-state index in [2.05, 4.69) is 4.99 Å². The fourth-order valence-electron chi connectivity index (χ4n) is 1.82. The van der Waals surface area contributed by atoms with Gasteiger partial charge in [0.1, 0.15) is 19.8 Å². The number of rotatable bonds is 5. The quantitative estimate of drug-likeness (QED) is 0.776. The first-order chi connectivity index (χ1) is 10.6. The molecule has 0 radical (unpaired) electrons. The van der Waals surface area contributed by atoms with E-state index in [1.165, 1.54) is 13.8 Å². The van der Waals surface area contributed by atoms with E-state index in [1.54, 1.807) is 0 Å². The summed E-state index contributed by atoms with van der Waals surface area (Å²) in [7, 11) is 0. The average molecular weight is 303 g/mol. The number of esters is 2. The number of nitrogens with zero attached hydrogens (tertiary/aromatic N) is 1. The number of carbonyl (C=O) groups excluding carboxylic acids is 2. The van der Waals surface area contributed by atoms with Crippen LogP contribution < -0.4 is 0 Å². The first-order valence-electron chi connectivity index (χ1n) is 6.81. The second-order valence-corrected chi connectivity index (χ2v) is 4.68. The van der Waals surface area contributed by atoms with Gasteiger partial charge in [0.15, 0.2) is 0 Å². The Balaban J connectivity index is 2.20. The predicted octanol–water partition coefficient (Wildman–Crippen LogP) is 1.84. The minimum absolute atomic E-state index is 0.0207. The van der Waals surface area contributed by atoms with Crippen LogP contribution in [0.25, 0.3) is 0 Å². The summed E-state index contributed by atoms with van der Waals surface area (Å²) in [6.07, 6.45) is 0. The molecule has 0 aliphatic carbocycles. The number of hydrogen-bond donors (Lipinski definition) is 0. The number of ether oxygens (including phenoxy) is 3. The molecular formula is C16H17NO5. The van der Waals surface area contributed by atoms with Crippen LogP contribution in [0, 0.1) is 0 Å². The largest absolute Gasteiger partial charge is 0.471 e. The second-order valence-electron chi connectivity index (χ2n) is 4.68. The third-order valence-electron chi connectivity index (χ3n) is 2.91. The molecule has 0 atom stereocenters. The van der Waals surface area contributed by atoms with Crippen LogP contribution in [-0.2, 0) is 23.8 Å². The molecule has 0 saturated carbocycles. The van der Waals surface area contributed by atoms with E-state index in [0.717, 1.165) is 5.56 Å². The zero-order valence-corrected chi connectivity index (χ0v) is 12.5. The van der Waals surface area contributed by atoms with Crippen molar-refractivity contribution in [2.45, 2.75) is 13.8 Å². The van der Waals surface area contributed by atoms with Gasteiger partial charge in [-0.1, -0.05) is 18.2 Å². The molecule has 1 aliphatic rings. The lowest BCUT2D eigenvalue weighted by molar-refractivity contribution is -0.141. The van der Waals surface area contributed by atoms with Gasteiger partial charge < -0.3 is 14.2 Å². The highest BCUT2D eigenvalue weighted by molar-refractivity contribution is 5.96. The molecular weight excluding hydrogens is 286 g/mol. The van der Waals surface area contributed by atoms with Gasteiger partial charge in [0.2, 0.25) is 5.90 Å². The van der Waals surface area contributed by atoms with Crippen LogP contribution in [0.3, 0.4) is 0 Å². The molecule has 0 amide bonds. The summed E-state index contributed by atoms with van der Waals surface area (Å²) in [6, 6.07) is 9.46. The Kier molecular flexibility index (Phi) is 5.30. The fourth-order valence-corrected chi connectivity index (χ4v) is 1.82. The number of benzene rings is 1. The van der Waals surface area contributed by atoms with Crippen molar-refractivity contribution in [1.29, 1.82) is 0 Å². The number of hydrogen-bond acceptors (Lipinski definition) is 6. The topological polar surface area (TPSA) is 74.2 Å². The molecule has 1 heterocycles. The molecule has 0 spiro atoms. The van der Waals surface area contributed by atoms with Gasteiger partial charge in [0, 0.05) is 25.0 Å². The van der Waals surface area contributed by atoms with Crippen molar-refractivity contribution in [2.24, 2.45) is 4.99 Å². The lowest BCUT2D eigenvalue weighted by Gasteiger charge is -2.09. The Labute approximate surface area is 128 Å². The van der Waals surface area contributed by atoms with Gasteiger partial charge in [-0.3, -0.25) is 9.59 Å². The molecule has 2 rings (SSSR count). The normalized spacial score (nSPS) is 13.2. The van der Waals surface area contributed by atoms with Crippen LogP contribution in [0.15, 0.2) is 46.6 Å². The van der Waals surface area contributed by atoms with Crippen LogP contribution in [-0.4, -0.2) is 37.7 Å². The Morgan fingerprint density at radius 1 is 1.09 bits per heavy atom. The summed E-state index contributed by atoms with van der Waals surface area (Å²) >= 11 is 0. The molecule has 116 valence electrons. The first-order valence-corrected chi connectivity index (χ1v) is 6.81. The molecule has 6 nitrogen and oxygen atoms in total. The van der Waals surface area contributed by atoms with Crippen molar-refractivity contribution >= 4 is 17.8 Å². The minimum atomic E-state index is -0.410. The Morgan fingerprint density at radius 2 is 1.68 bits per heavy atom. The highest BCUT2D eigenvalue weighted by atomic mass is 16.5. The highest BCUT2D eigenvalue weighted by Crippen LogP contribution is 2.18. The molecule has 0 aromatic heterocycles. The average Bonchev–Trinajstić information content (AvgIpc) is 2.97. The summed E-state index contributed by atoms with van der Waals surface area (Å²) in [6.45, 7) is 2.93. The van der Waals surface area contributed by atoms with Crippen molar-refractivity contribution in [1.82, 2.24) is 0 Å². The minimum Gasteiger partial charge on any atom is -0.471 e. The SMILES string of the molecule is CC(=O)OCC(COC(C)=O)=C1COC(c2ccccc2)=N1. The third-order valence-corrected chi connectivity index (χ3v) is 2.91. The first kappa shape index (κ1) is 15.8. The van der Waals surface area contributed by atoms with E-state index in [4.69, 9.17) is 14.2 Å². The second kappa shape index (κ2) is 7.40. The zero-order chi connectivity index (χ0) is 15.9. The van der Waals surface area contributed by atoms with E-state index in [1.807, 2.05) is 30.3 Å². The summed E-state index contributed by atoms with van der Waals surface area (Å²) in [4.78, 5) is 26.3. The molecule has 0 N–H and O–H groups in total. The summed E-state index contributed by atoms with van der Waals surface area (Å²) < 4.78 is 15.5. The van der Waals surface area contributed by atoms with E-state index in [-0.39, 0.29) is 19.8 Å². The standard InChI is InChI=1S/C16H17NO5/c1-11(18)20-8-14(9-21-12(2)19)15-10-22-16(17-15)13-6-4-3-5-7-13/h3-7H,8-10H2,1-2H3. The summed E-state index contributed by atoms with van der Waals surface area (Å²) in [5.74, 6) is -0.321. The monoisotopic (exact) mass is 303 g/mol.